The Labute approximate surface area is 228 Å². The van der Waals surface area contributed by atoms with E-state index in [1.54, 1.807) is 29.1 Å². The van der Waals surface area contributed by atoms with E-state index in [4.69, 9.17) is 39.5 Å². The van der Waals surface area contributed by atoms with Crippen molar-refractivity contribution in [1.29, 1.82) is 0 Å². The third-order valence-electron chi connectivity index (χ3n) is 5.80. The number of carbonyl (C=O) groups is 1. The topological polar surface area (TPSA) is 102 Å². The minimum atomic E-state index is -4.24. The molecule has 0 radical (unpaired) electrons. The van der Waals surface area contributed by atoms with Crippen molar-refractivity contribution >= 4 is 56.4 Å². The lowest BCUT2D eigenvalue weighted by Crippen LogP contribution is -2.40. The predicted molar refractivity (Wildman–Crippen MR) is 140 cm³/mol. The Balaban J connectivity index is 1.49. The van der Waals surface area contributed by atoms with Crippen LogP contribution in [0, 0.1) is 0 Å². The summed E-state index contributed by atoms with van der Waals surface area (Å²) in [5.41, 5.74) is 2.67. The summed E-state index contributed by atoms with van der Waals surface area (Å²) in [6.07, 6.45) is 3.57. The van der Waals surface area contributed by atoms with E-state index in [0.717, 1.165) is 23.6 Å². The molecular formula is C24H22Cl3FN4O4S. The smallest absolute Gasteiger partial charge is 0.329 e. The summed E-state index contributed by atoms with van der Waals surface area (Å²) in [4.78, 5) is 12.1. The number of sulfonamides is 1. The molecule has 0 atom stereocenters. The molecule has 0 spiro atoms. The first-order valence-corrected chi connectivity index (χ1v) is 13.7. The number of hydrogen-bond acceptors (Lipinski definition) is 5. The number of benzene rings is 2. The molecule has 1 aromatic heterocycles. The Hall–Kier alpha value is -2.79. The summed E-state index contributed by atoms with van der Waals surface area (Å²) < 4.78 is 48.9. The van der Waals surface area contributed by atoms with E-state index in [0.29, 0.717) is 40.7 Å². The molecule has 2 N–H and O–H groups in total. The van der Waals surface area contributed by atoms with Gasteiger partial charge in [0.25, 0.3) is 10.0 Å². The number of halogens is 4. The molecule has 2 amide bonds. The first-order valence-electron chi connectivity index (χ1n) is 11.1. The predicted octanol–water partition coefficient (Wildman–Crippen LogP) is 5.61. The van der Waals surface area contributed by atoms with Crippen molar-refractivity contribution in [2.24, 2.45) is 0 Å². The molecule has 0 saturated carbocycles. The van der Waals surface area contributed by atoms with Gasteiger partial charge in [0.1, 0.15) is 11.6 Å². The van der Waals surface area contributed by atoms with Gasteiger partial charge in [-0.15, -0.1) is 0 Å². The normalized spacial score (nSPS) is 14.6. The Morgan fingerprint density at radius 2 is 1.92 bits per heavy atom. The van der Waals surface area contributed by atoms with E-state index < -0.39 is 28.4 Å². The van der Waals surface area contributed by atoms with Crippen molar-refractivity contribution < 1.29 is 22.3 Å². The van der Waals surface area contributed by atoms with Gasteiger partial charge in [-0.2, -0.15) is 5.10 Å². The van der Waals surface area contributed by atoms with Crippen LogP contribution in [0.4, 0.5) is 9.18 Å². The van der Waals surface area contributed by atoms with Gasteiger partial charge in [-0.1, -0.05) is 40.9 Å². The zero-order valence-electron chi connectivity index (χ0n) is 19.5. The van der Waals surface area contributed by atoms with Crippen LogP contribution in [-0.4, -0.2) is 37.9 Å². The van der Waals surface area contributed by atoms with Crippen LogP contribution in [-0.2, 0) is 23.0 Å². The van der Waals surface area contributed by atoms with Crippen LogP contribution < -0.4 is 14.8 Å². The van der Waals surface area contributed by atoms with Crippen molar-refractivity contribution in [3.8, 4) is 5.75 Å². The van der Waals surface area contributed by atoms with Crippen molar-refractivity contribution in [3.63, 3.8) is 0 Å². The lowest BCUT2D eigenvalue weighted by molar-refractivity contribution is 0.246. The Kier molecular flexibility index (Phi) is 8.33. The molecule has 1 heterocycles. The summed E-state index contributed by atoms with van der Waals surface area (Å²) in [5.74, 6) is -0.312. The fourth-order valence-corrected chi connectivity index (χ4v) is 5.77. The van der Waals surface area contributed by atoms with E-state index in [9.17, 15) is 13.2 Å². The first-order chi connectivity index (χ1) is 17.6. The zero-order chi connectivity index (χ0) is 26.7. The molecule has 3 aromatic rings. The molecule has 4 rings (SSSR count). The maximum atomic E-state index is 15.3. The van der Waals surface area contributed by atoms with Crippen LogP contribution in [0.3, 0.4) is 0 Å². The molecule has 0 unspecified atom stereocenters. The number of fused-ring (bicyclic) bond motifs is 1. The van der Waals surface area contributed by atoms with E-state index in [2.05, 4.69) is 10.4 Å². The highest BCUT2D eigenvalue weighted by molar-refractivity contribution is 7.90. The quantitative estimate of drug-likeness (QED) is 0.374. The Morgan fingerprint density at radius 3 is 2.62 bits per heavy atom. The molecule has 2 aromatic carbocycles. The highest BCUT2D eigenvalue weighted by Gasteiger charge is 2.25. The van der Waals surface area contributed by atoms with Crippen LogP contribution >= 0.6 is 34.8 Å². The summed E-state index contributed by atoms with van der Waals surface area (Å²) in [5, 5.41) is 7.71. The van der Waals surface area contributed by atoms with Gasteiger partial charge in [0.2, 0.25) is 0 Å². The van der Waals surface area contributed by atoms with Crippen LogP contribution in [0.25, 0.3) is 5.57 Å². The van der Waals surface area contributed by atoms with Crippen LogP contribution in [0.15, 0.2) is 53.3 Å². The number of methoxy groups -OCH3 is 1. The number of aryl methyl sites for hydroxylation is 1. The third kappa shape index (κ3) is 6.20. The van der Waals surface area contributed by atoms with Crippen molar-refractivity contribution in [2.75, 3.05) is 13.7 Å². The van der Waals surface area contributed by atoms with Gasteiger partial charge in [-0.3, -0.25) is 4.68 Å². The second kappa shape index (κ2) is 11.3. The van der Waals surface area contributed by atoms with Crippen molar-refractivity contribution in [3.05, 3.63) is 80.3 Å². The molecule has 0 fully saturated rings. The standard InChI is InChI=1S/C24H22Cl3FN4O4S/c1-36-22-8-7-17(10-20(22)27)37(34,35)31-24(33)29-12-21(28)18-4-2-3-14-11-30-32(23(14)18)13-15-5-6-16(25)9-19(15)26/h5-11H,2-4,12-13H2,1H3,(H2,29,31,33)/b21-18-. The summed E-state index contributed by atoms with van der Waals surface area (Å²) >= 11 is 18.3. The minimum Gasteiger partial charge on any atom is -0.495 e. The average molecular weight is 588 g/mol. The van der Waals surface area contributed by atoms with Gasteiger partial charge in [0.15, 0.2) is 0 Å². The number of allylic oxidation sites excluding steroid dienone is 1. The maximum Gasteiger partial charge on any atom is 0.329 e. The lowest BCUT2D eigenvalue weighted by Gasteiger charge is -2.19. The van der Waals surface area contributed by atoms with Crippen LogP contribution in [0.1, 0.15) is 29.7 Å². The van der Waals surface area contributed by atoms with E-state index in [1.165, 1.54) is 19.2 Å². The molecular weight excluding hydrogens is 566 g/mol. The summed E-state index contributed by atoms with van der Waals surface area (Å²) in [6, 6.07) is 7.79. The van der Waals surface area contributed by atoms with Gasteiger partial charge in [0.05, 0.1) is 42.0 Å². The second-order valence-corrected chi connectivity index (χ2v) is 11.2. The molecule has 13 heteroatoms. The number of carbonyl (C=O) groups excluding carboxylic acids is 1. The number of aromatic nitrogens is 2. The Morgan fingerprint density at radius 1 is 1.14 bits per heavy atom. The van der Waals surface area contributed by atoms with Gasteiger partial charge in [0, 0.05) is 15.6 Å². The van der Waals surface area contributed by atoms with Crippen LogP contribution in [0.2, 0.25) is 15.1 Å². The van der Waals surface area contributed by atoms with Crippen LogP contribution in [0.5, 0.6) is 5.75 Å². The van der Waals surface area contributed by atoms with E-state index in [1.807, 2.05) is 4.72 Å². The molecule has 0 aliphatic heterocycles. The summed E-state index contributed by atoms with van der Waals surface area (Å²) in [7, 11) is -2.86. The van der Waals surface area contributed by atoms with Gasteiger partial charge >= 0.3 is 6.03 Å². The number of nitrogens with one attached hydrogen (secondary N) is 2. The van der Waals surface area contributed by atoms with Crippen molar-refractivity contribution in [2.45, 2.75) is 30.7 Å². The molecule has 0 saturated heterocycles. The SMILES string of the molecule is COc1ccc(S(=O)(=O)NC(=O)NC/C(F)=C2\CCCc3cnn(Cc4ccc(Cl)cc4Cl)c32)cc1Cl. The molecule has 8 nitrogen and oxygen atoms in total. The fraction of sp³-hybridized carbons (Fsp3) is 0.250. The van der Waals surface area contributed by atoms with Crippen molar-refractivity contribution in [1.82, 2.24) is 19.8 Å². The highest BCUT2D eigenvalue weighted by Crippen LogP contribution is 2.34. The monoisotopic (exact) mass is 586 g/mol. The second-order valence-electron chi connectivity index (χ2n) is 8.23. The fourth-order valence-electron chi connectivity index (χ4n) is 4.02. The van der Waals surface area contributed by atoms with Gasteiger partial charge in [-0.05, 0) is 60.7 Å². The molecule has 37 heavy (non-hydrogen) atoms. The average Bonchev–Trinajstić information content (AvgIpc) is 3.27. The lowest BCUT2D eigenvalue weighted by atomic mass is 9.92. The van der Waals surface area contributed by atoms with Gasteiger partial charge in [-0.25, -0.2) is 22.3 Å². The first kappa shape index (κ1) is 27.3. The summed E-state index contributed by atoms with van der Waals surface area (Å²) in [6.45, 7) is -0.203. The number of urea groups is 1. The zero-order valence-corrected chi connectivity index (χ0v) is 22.6. The maximum absolute atomic E-state index is 15.3. The molecule has 196 valence electrons. The number of hydrogen-bond donors (Lipinski definition) is 2. The van der Waals surface area contributed by atoms with E-state index in [-0.39, 0.29) is 15.7 Å². The highest BCUT2D eigenvalue weighted by atomic mass is 35.5. The number of ether oxygens (including phenoxy) is 1. The minimum absolute atomic E-state index is 0.0613. The number of rotatable bonds is 7. The van der Waals surface area contributed by atoms with E-state index >= 15 is 4.39 Å². The molecule has 1 aliphatic carbocycles. The number of nitrogens with zero attached hydrogens (tertiary/aromatic N) is 2. The largest absolute Gasteiger partial charge is 0.495 e. The van der Waals surface area contributed by atoms with Gasteiger partial charge < -0.3 is 10.1 Å². The Bertz CT molecular complexity index is 1490. The number of amides is 2. The molecule has 0 bridgehead atoms. The molecule has 1 aliphatic rings. The third-order valence-corrected chi connectivity index (χ3v) is 8.01.